The molecule has 3 aromatic rings. The summed E-state index contributed by atoms with van der Waals surface area (Å²) in [5.41, 5.74) is 1.72. The van der Waals surface area contributed by atoms with Gasteiger partial charge >= 0.3 is 0 Å². The first-order valence-corrected chi connectivity index (χ1v) is 15.3. The van der Waals surface area contributed by atoms with E-state index in [2.05, 4.69) is 5.32 Å². The van der Waals surface area contributed by atoms with Crippen molar-refractivity contribution in [3.63, 3.8) is 0 Å². The van der Waals surface area contributed by atoms with Crippen LogP contribution in [0.1, 0.15) is 24.5 Å². The highest BCUT2D eigenvalue weighted by molar-refractivity contribution is 7.92. The van der Waals surface area contributed by atoms with Crippen molar-refractivity contribution in [2.45, 2.75) is 32.4 Å². The van der Waals surface area contributed by atoms with Crippen LogP contribution in [0.2, 0.25) is 15.1 Å². The zero-order chi connectivity index (χ0) is 28.6. The molecule has 7 nitrogen and oxygen atoms in total. The van der Waals surface area contributed by atoms with E-state index in [1.54, 1.807) is 24.3 Å². The van der Waals surface area contributed by atoms with Gasteiger partial charge in [0.15, 0.2) is 0 Å². The van der Waals surface area contributed by atoms with Crippen molar-refractivity contribution in [2.75, 3.05) is 23.7 Å². The summed E-state index contributed by atoms with van der Waals surface area (Å²) in [5.74, 6) is -0.907. The van der Waals surface area contributed by atoms with Crippen LogP contribution >= 0.6 is 34.8 Å². The van der Waals surface area contributed by atoms with Gasteiger partial charge in [0.1, 0.15) is 12.6 Å². The summed E-state index contributed by atoms with van der Waals surface area (Å²) in [4.78, 5) is 28.8. The number of carbonyl (C=O) groups is 2. The average Bonchev–Trinajstić information content (AvgIpc) is 2.89. The number of sulfonamides is 1. The first-order valence-electron chi connectivity index (χ1n) is 12.3. The quantitative estimate of drug-likeness (QED) is 0.290. The Balaban J connectivity index is 2.05. The predicted molar refractivity (Wildman–Crippen MR) is 158 cm³/mol. The molecule has 0 aromatic heterocycles. The van der Waals surface area contributed by atoms with Gasteiger partial charge in [-0.2, -0.15) is 0 Å². The number of hydrogen-bond donors (Lipinski definition) is 1. The fourth-order valence-electron chi connectivity index (χ4n) is 4.01. The lowest BCUT2D eigenvalue weighted by atomic mass is 10.0. The molecule has 0 radical (unpaired) electrons. The van der Waals surface area contributed by atoms with Gasteiger partial charge in [0.25, 0.3) is 0 Å². The van der Waals surface area contributed by atoms with Gasteiger partial charge in [-0.05, 0) is 47.9 Å². The molecule has 0 aliphatic carbocycles. The summed E-state index contributed by atoms with van der Waals surface area (Å²) < 4.78 is 26.6. The van der Waals surface area contributed by atoms with E-state index in [0.29, 0.717) is 23.6 Å². The molecule has 0 saturated carbocycles. The molecule has 0 spiro atoms. The molecule has 0 saturated heterocycles. The fraction of sp³-hybridized carbons (Fsp3) is 0.286. The molecule has 208 valence electrons. The lowest BCUT2D eigenvalue weighted by Gasteiger charge is -2.33. The van der Waals surface area contributed by atoms with E-state index in [-0.39, 0.29) is 34.6 Å². The van der Waals surface area contributed by atoms with E-state index in [1.165, 1.54) is 23.1 Å². The molecule has 0 bridgehead atoms. The Morgan fingerprint density at radius 1 is 0.897 bits per heavy atom. The van der Waals surface area contributed by atoms with Crippen LogP contribution in [0.5, 0.6) is 0 Å². The molecule has 0 unspecified atom stereocenters. The van der Waals surface area contributed by atoms with Gasteiger partial charge in [-0.3, -0.25) is 13.9 Å². The van der Waals surface area contributed by atoms with Gasteiger partial charge in [-0.1, -0.05) is 84.2 Å². The van der Waals surface area contributed by atoms with Crippen LogP contribution in [0.15, 0.2) is 72.8 Å². The molecule has 0 aliphatic rings. The van der Waals surface area contributed by atoms with Crippen molar-refractivity contribution in [2.24, 2.45) is 0 Å². The maximum atomic E-state index is 14.0. The Morgan fingerprint density at radius 2 is 1.59 bits per heavy atom. The minimum Gasteiger partial charge on any atom is -0.354 e. The Morgan fingerprint density at radius 3 is 2.21 bits per heavy atom. The molecule has 39 heavy (non-hydrogen) atoms. The summed E-state index contributed by atoms with van der Waals surface area (Å²) in [5, 5.41) is 3.76. The molecule has 2 amide bonds. The third-order valence-electron chi connectivity index (χ3n) is 5.93. The molecule has 11 heteroatoms. The molecular formula is C28H30Cl3N3O4S. The first kappa shape index (κ1) is 30.8. The first-order chi connectivity index (χ1) is 18.5. The number of anilines is 1. The van der Waals surface area contributed by atoms with Crippen molar-refractivity contribution in [1.82, 2.24) is 10.2 Å². The highest BCUT2D eigenvalue weighted by Crippen LogP contribution is 2.29. The number of nitrogens with one attached hydrogen (secondary N) is 1. The van der Waals surface area contributed by atoms with Gasteiger partial charge in [0, 0.05) is 24.5 Å². The average molecular weight is 611 g/mol. The van der Waals surface area contributed by atoms with E-state index < -0.39 is 28.5 Å². The number of nitrogens with zero attached hydrogens (tertiary/aromatic N) is 2. The Kier molecular flexibility index (Phi) is 11.1. The number of amides is 2. The number of benzene rings is 3. The van der Waals surface area contributed by atoms with Gasteiger partial charge in [-0.25, -0.2) is 8.42 Å². The molecule has 1 atom stereocenters. The third kappa shape index (κ3) is 8.86. The predicted octanol–water partition coefficient (Wildman–Crippen LogP) is 5.58. The van der Waals surface area contributed by atoms with Crippen molar-refractivity contribution in [3.8, 4) is 0 Å². The second-order valence-electron chi connectivity index (χ2n) is 9.02. The Labute approximate surface area is 244 Å². The van der Waals surface area contributed by atoms with Crippen molar-refractivity contribution >= 4 is 62.3 Å². The summed E-state index contributed by atoms with van der Waals surface area (Å²) in [7, 11) is -3.91. The van der Waals surface area contributed by atoms with E-state index in [9.17, 15) is 18.0 Å². The second kappa shape index (κ2) is 14.0. The van der Waals surface area contributed by atoms with Gasteiger partial charge in [0.05, 0.1) is 22.0 Å². The van der Waals surface area contributed by atoms with E-state index >= 15 is 0 Å². The number of hydrogen-bond acceptors (Lipinski definition) is 4. The van der Waals surface area contributed by atoms with Crippen LogP contribution in [0.4, 0.5) is 5.69 Å². The van der Waals surface area contributed by atoms with Crippen LogP contribution < -0.4 is 9.62 Å². The normalized spacial score (nSPS) is 12.0. The number of carbonyl (C=O) groups excluding carboxylic acids is 2. The highest BCUT2D eigenvalue weighted by atomic mass is 35.5. The molecule has 0 fully saturated rings. The zero-order valence-corrected chi connectivity index (χ0v) is 24.7. The number of rotatable bonds is 12. The smallest absolute Gasteiger partial charge is 0.244 e. The lowest BCUT2D eigenvalue weighted by Crippen LogP contribution is -2.53. The SMILES string of the molecule is CCCNC(=O)[C@H](Cc1ccccc1)N(Cc1cccc(Cl)c1)C(=O)CN(c1ccc(Cl)c(Cl)c1)S(C)(=O)=O. The maximum absolute atomic E-state index is 14.0. The van der Waals surface area contributed by atoms with Crippen molar-refractivity contribution in [3.05, 3.63) is 99.0 Å². The minimum absolute atomic E-state index is 0.0371. The molecule has 0 aliphatic heterocycles. The summed E-state index contributed by atoms with van der Waals surface area (Å²) in [6, 6.07) is 19.7. The molecule has 0 heterocycles. The van der Waals surface area contributed by atoms with E-state index in [0.717, 1.165) is 16.1 Å². The molecule has 3 rings (SSSR count). The van der Waals surface area contributed by atoms with Gasteiger partial charge < -0.3 is 10.2 Å². The Bertz CT molecular complexity index is 1400. The molecule has 1 N–H and O–H groups in total. The number of halogens is 3. The zero-order valence-electron chi connectivity index (χ0n) is 21.6. The topological polar surface area (TPSA) is 86.8 Å². The largest absolute Gasteiger partial charge is 0.354 e. The summed E-state index contributed by atoms with van der Waals surface area (Å²) in [6.45, 7) is 1.85. The third-order valence-corrected chi connectivity index (χ3v) is 8.05. The molecule has 3 aromatic carbocycles. The fourth-order valence-corrected chi connectivity index (χ4v) is 5.35. The monoisotopic (exact) mass is 609 g/mol. The molecular weight excluding hydrogens is 581 g/mol. The van der Waals surface area contributed by atoms with Crippen LogP contribution in [0, 0.1) is 0 Å². The summed E-state index contributed by atoms with van der Waals surface area (Å²) >= 11 is 18.4. The van der Waals surface area contributed by atoms with Crippen LogP contribution in [0.3, 0.4) is 0 Å². The minimum atomic E-state index is -3.91. The van der Waals surface area contributed by atoms with Gasteiger partial charge in [0.2, 0.25) is 21.8 Å². The van der Waals surface area contributed by atoms with E-state index in [1.807, 2.05) is 37.3 Å². The lowest BCUT2D eigenvalue weighted by molar-refractivity contribution is -0.140. The van der Waals surface area contributed by atoms with Crippen LogP contribution in [-0.2, 0) is 32.6 Å². The van der Waals surface area contributed by atoms with Crippen molar-refractivity contribution in [1.29, 1.82) is 0 Å². The van der Waals surface area contributed by atoms with Gasteiger partial charge in [-0.15, -0.1) is 0 Å². The van der Waals surface area contributed by atoms with E-state index in [4.69, 9.17) is 34.8 Å². The second-order valence-corrected chi connectivity index (χ2v) is 12.2. The van der Waals surface area contributed by atoms with Crippen LogP contribution in [0.25, 0.3) is 0 Å². The Hall–Kier alpha value is -2.78. The van der Waals surface area contributed by atoms with Crippen molar-refractivity contribution < 1.29 is 18.0 Å². The standard InChI is InChI=1S/C28H30Cl3N3O4S/c1-3-14-32-28(36)26(16-20-8-5-4-6-9-20)33(18-21-10-7-11-22(29)15-21)27(35)19-34(39(2,37)38)23-12-13-24(30)25(31)17-23/h4-13,15,17,26H,3,14,16,18-19H2,1-2H3,(H,32,36)/t26-/m0/s1. The maximum Gasteiger partial charge on any atom is 0.244 e. The summed E-state index contributed by atoms with van der Waals surface area (Å²) in [6.07, 6.45) is 1.94. The van der Waals surface area contributed by atoms with Crippen LogP contribution in [-0.4, -0.2) is 50.5 Å². The highest BCUT2D eigenvalue weighted by Gasteiger charge is 2.33.